The van der Waals surface area contributed by atoms with Gasteiger partial charge in [-0.05, 0) is 32.9 Å². The average molecular weight is 221 g/mol. The van der Waals surface area contributed by atoms with E-state index in [9.17, 15) is 0 Å². The molecule has 0 saturated carbocycles. The van der Waals surface area contributed by atoms with Gasteiger partial charge in [-0.1, -0.05) is 0 Å². The van der Waals surface area contributed by atoms with Crippen LogP contribution in [0.3, 0.4) is 0 Å². The zero-order valence-electron chi connectivity index (χ0n) is 9.24. The van der Waals surface area contributed by atoms with E-state index >= 15 is 0 Å². The molecule has 0 saturated heterocycles. The second-order valence-electron chi connectivity index (χ2n) is 3.64. The number of aryl methyl sites for hydroxylation is 3. The Bertz CT molecular complexity index is 437. The Hall–Kier alpha value is -1.29. The van der Waals surface area contributed by atoms with Crippen molar-refractivity contribution < 1.29 is 0 Å². The quantitative estimate of drug-likeness (QED) is 0.863. The number of rotatable bonds is 3. The molecule has 0 spiro atoms. The van der Waals surface area contributed by atoms with E-state index in [1.165, 1.54) is 11.4 Å². The third-order valence-corrected chi connectivity index (χ3v) is 3.18. The summed E-state index contributed by atoms with van der Waals surface area (Å²) >= 11 is 1.69. The number of nitrogens with zero attached hydrogens (tertiary/aromatic N) is 2. The molecule has 0 unspecified atom stereocenters. The van der Waals surface area contributed by atoms with Crippen molar-refractivity contribution in [2.45, 2.75) is 27.3 Å². The van der Waals surface area contributed by atoms with Crippen LogP contribution in [0.15, 0.2) is 17.5 Å². The van der Waals surface area contributed by atoms with Crippen LogP contribution in [-0.4, -0.2) is 9.66 Å². The molecule has 0 atom stereocenters. The number of hydrogen-bond acceptors (Lipinski definition) is 3. The maximum atomic E-state index is 4.41. The standard InChI is InChI=1S/C11H15N3S/c1-8-4-5-9(2)14(8)12-6-11-7-15-10(3)13-11/h4-5,7,12H,6H2,1-3H3. The fourth-order valence-electron chi connectivity index (χ4n) is 1.57. The van der Waals surface area contributed by atoms with Crippen LogP contribution < -0.4 is 5.43 Å². The molecule has 80 valence electrons. The van der Waals surface area contributed by atoms with Gasteiger partial charge in [-0.15, -0.1) is 11.3 Å². The third-order valence-electron chi connectivity index (χ3n) is 2.36. The second-order valence-corrected chi connectivity index (χ2v) is 4.71. The van der Waals surface area contributed by atoms with Crippen molar-refractivity contribution in [1.29, 1.82) is 0 Å². The summed E-state index contributed by atoms with van der Waals surface area (Å²) in [6.07, 6.45) is 0. The predicted octanol–water partition coefficient (Wildman–Crippen LogP) is 2.61. The molecule has 0 aromatic carbocycles. The highest BCUT2D eigenvalue weighted by atomic mass is 32.1. The molecule has 3 nitrogen and oxygen atoms in total. The van der Waals surface area contributed by atoms with Crippen LogP contribution in [0.5, 0.6) is 0 Å². The van der Waals surface area contributed by atoms with Crippen molar-refractivity contribution in [1.82, 2.24) is 9.66 Å². The lowest BCUT2D eigenvalue weighted by molar-refractivity contribution is 0.782. The molecule has 2 aromatic heterocycles. The van der Waals surface area contributed by atoms with Crippen LogP contribution in [0, 0.1) is 20.8 Å². The van der Waals surface area contributed by atoms with E-state index in [1.54, 1.807) is 11.3 Å². The normalized spacial score (nSPS) is 10.6. The van der Waals surface area contributed by atoms with E-state index in [4.69, 9.17) is 0 Å². The molecule has 0 aliphatic carbocycles. The van der Waals surface area contributed by atoms with Crippen molar-refractivity contribution in [3.05, 3.63) is 39.6 Å². The molecule has 0 radical (unpaired) electrons. The molecule has 0 bridgehead atoms. The largest absolute Gasteiger partial charge is 0.320 e. The number of aromatic nitrogens is 2. The van der Waals surface area contributed by atoms with Gasteiger partial charge >= 0.3 is 0 Å². The number of hydrogen-bond donors (Lipinski definition) is 1. The smallest absolute Gasteiger partial charge is 0.0898 e. The molecule has 0 aliphatic rings. The predicted molar refractivity (Wildman–Crippen MR) is 63.8 cm³/mol. The van der Waals surface area contributed by atoms with E-state index in [2.05, 4.69) is 46.4 Å². The molecule has 2 rings (SSSR count). The first-order valence-electron chi connectivity index (χ1n) is 4.96. The minimum atomic E-state index is 0.778. The summed E-state index contributed by atoms with van der Waals surface area (Å²) in [5.74, 6) is 0. The van der Waals surface area contributed by atoms with Gasteiger partial charge in [0.1, 0.15) is 0 Å². The minimum absolute atomic E-state index is 0.778. The minimum Gasteiger partial charge on any atom is -0.320 e. The zero-order valence-corrected chi connectivity index (χ0v) is 10.1. The van der Waals surface area contributed by atoms with E-state index in [0.717, 1.165) is 17.2 Å². The van der Waals surface area contributed by atoms with Gasteiger partial charge in [-0.3, -0.25) is 4.68 Å². The molecule has 0 aliphatic heterocycles. The number of thiazole rings is 1. The molecular weight excluding hydrogens is 206 g/mol. The molecular formula is C11H15N3S. The lowest BCUT2D eigenvalue weighted by Gasteiger charge is -2.10. The van der Waals surface area contributed by atoms with Crippen LogP contribution in [0.25, 0.3) is 0 Å². The highest BCUT2D eigenvalue weighted by Crippen LogP contribution is 2.09. The highest BCUT2D eigenvalue weighted by molar-refractivity contribution is 7.09. The summed E-state index contributed by atoms with van der Waals surface area (Å²) in [7, 11) is 0. The Balaban J connectivity index is 2.05. The van der Waals surface area contributed by atoms with Gasteiger partial charge in [0.25, 0.3) is 0 Å². The first-order valence-corrected chi connectivity index (χ1v) is 5.84. The molecule has 2 aromatic rings. The third kappa shape index (κ3) is 2.21. The van der Waals surface area contributed by atoms with Crippen molar-refractivity contribution in [2.75, 3.05) is 5.43 Å². The first-order chi connectivity index (χ1) is 7.16. The van der Waals surface area contributed by atoms with Gasteiger partial charge in [-0.25, -0.2) is 4.98 Å². The maximum Gasteiger partial charge on any atom is 0.0898 e. The van der Waals surface area contributed by atoms with Gasteiger partial charge in [0.2, 0.25) is 0 Å². The van der Waals surface area contributed by atoms with Crippen LogP contribution in [-0.2, 0) is 6.54 Å². The van der Waals surface area contributed by atoms with E-state index < -0.39 is 0 Å². The van der Waals surface area contributed by atoms with Gasteiger partial charge in [0.15, 0.2) is 0 Å². The molecule has 4 heteroatoms. The summed E-state index contributed by atoms with van der Waals surface area (Å²) in [6, 6.07) is 4.21. The summed E-state index contributed by atoms with van der Waals surface area (Å²) in [4.78, 5) is 4.41. The Morgan fingerprint density at radius 3 is 2.47 bits per heavy atom. The Morgan fingerprint density at radius 1 is 1.27 bits per heavy atom. The fraction of sp³-hybridized carbons (Fsp3) is 0.364. The van der Waals surface area contributed by atoms with Gasteiger partial charge < -0.3 is 5.43 Å². The first kappa shape index (κ1) is 10.2. The van der Waals surface area contributed by atoms with Gasteiger partial charge in [0.05, 0.1) is 17.2 Å². The molecule has 0 amide bonds. The van der Waals surface area contributed by atoms with E-state index in [0.29, 0.717) is 0 Å². The monoisotopic (exact) mass is 221 g/mol. The number of nitrogens with one attached hydrogen (secondary N) is 1. The zero-order chi connectivity index (χ0) is 10.8. The highest BCUT2D eigenvalue weighted by Gasteiger charge is 2.01. The van der Waals surface area contributed by atoms with Crippen LogP contribution >= 0.6 is 11.3 Å². The van der Waals surface area contributed by atoms with Crippen molar-refractivity contribution in [3.63, 3.8) is 0 Å². The fourth-order valence-corrected chi connectivity index (χ4v) is 2.18. The summed E-state index contributed by atoms with van der Waals surface area (Å²) < 4.78 is 2.09. The average Bonchev–Trinajstić information content (AvgIpc) is 2.73. The second kappa shape index (κ2) is 4.06. The van der Waals surface area contributed by atoms with E-state index in [-0.39, 0.29) is 0 Å². The van der Waals surface area contributed by atoms with Crippen molar-refractivity contribution in [3.8, 4) is 0 Å². The molecule has 0 fully saturated rings. The Kier molecular flexibility index (Phi) is 2.77. The Labute approximate surface area is 93.7 Å². The lowest BCUT2D eigenvalue weighted by Crippen LogP contribution is -2.17. The summed E-state index contributed by atoms with van der Waals surface area (Å²) in [5, 5.41) is 3.21. The summed E-state index contributed by atoms with van der Waals surface area (Å²) in [5.41, 5.74) is 6.90. The lowest BCUT2D eigenvalue weighted by atomic mass is 10.5. The van der Waals surface area contributed by atoms with Gasteiger partial charge in [-0.2, -0.15) is 0 Å². The topological polar surface area (TPSA) is 29.9 Å². The van der Waals surface area contributed by atoms with Crippen LogP contribution in [0.4, 0.5) is 0 Å². The maximum absolute atomic E-state index is 4.41. The van der Waals surface area contributed by atoms with Crippen LogP contribution in [0.2, 0.25) is 0 Å². The van der Waals surface area contributed by atoms with E-state index in [1.807, 2.05) is 6.92 Å². The molecule has 1 N–H and O–H groups in total. The summed E-state index contributed by atoms with van der Waals surface area (Å²) in [6.45, 7) is 6.99. The Morgan fingerprint density at radius 2 is 1.93 bits per heavy atom. The SMILES string of the molecule is Cc1nc(CNn2c(C)ccc2C)cs1. The van der Waals surface area contributed by atoms with Crippen molar-refractivity contribution in [2.24, 2.45) is 0 Å². The van der Waals surface area contributed by atoms with Gasteiger partial charge in [0, 0.05) is 16.8 Å². The van der Waals surface area contributed by atoms with Crippen LogP contribution in [0.1, 0.15) is 22.1 Å². The molecule has 2 heterocycles. The molecule has 15 heavy (non-hydrogen) atoms. The van der Waals surface area contributed by atoms with Crippen molar-refractivity contribution >= 4 is 11.3 Å².